The van der Waals surface area contributed by atoms with Crippen LogP contribution in [0.4, 0.5) is 13.2 Å². The summed E-state index contributed by atoms with van der Waals surface area (Å²) in [6.07, 6.45) is 3.19. The molecule has 0 spiro atoms. The molecule has 0 nitrogen and oxygen atoms in total. The van der Waals surface area contributed by atoms with Gasteiger partial charge in [0, 0.05) is 12.2 Å². The topological polar surface area (TPSA) is 0 Å². The zero-order valence-electron chi connectivity index (χ0n) is 7.73. The molecule has 0 saturated carbocycles. The first-order valence-corrected chi connectivity index (χ1v) is 3.83. The maximum absolute atomic E-state index is 12.3. The Hall–Kier alpha value is -1.25. The van der Waals surface area contributed by atoms with Gasteiger partial charge >= 0.3 is 0 Å². The van der Waals surface area contributed by atoms with Gasteiger partial charge in [-0.15, -0.1) is 0 Å². The van der Waals surface area contributed by atoms with Gasteiger partial charge in [-0.3, -0.25) is 0 Å². The molecule has 0 aromatic heterocycles. The van der Waals surface area contributed by atoms with Crippen LogP contribution in [0.5, 0.6) is 0 Å². The summed E-state index contributed by atoms with van der Waals surface area (Å²) >= 11 is 0. The van der Waals surface area contributed by atoms with Gasteiger partial charge in [0.1, 0.15) is 11.7 Å². The first kappa shape index (κ1) is 14.3. The predicted octanol–water partition coefficient (Wildman–Crippen LogP) is 4.39. The van der Waals surface area contributed by atoms with Crippen LogP contribution in [-0.4, -0.2) is 0 Å². The molecule has 3 heteroatoms. The number of hydrogen-bond donors (Lipinski definition) is 0. The molecule has 0 saturated heterocycles. The fraction of sp³-hybridized carbons (Fsp3) is 0.200. The Balaban J connectivity index is 0. The maximum atomic E-state index is 12.3. The van der Waals surface area contributed by atoms with Crippen LogP contribution >= 0.6 is 0 Å². The molecular weight excluding hydrogens is 177 g/mol. The van der Waals surface area contributed by atoms with Crippen molar-refractivity contribution in [2.24, 2.45) is 0 Å². The summed E-state index contributed by atoms with van der Waals surface area (Å²) in [5, 5.41) is 0. The zero-order valence-corrected chi connectivity index (χ0v) is 7.73. The summed E-state index contributed by atoms with van der Waals surface area (Å²) in [5.74, 6) is -1.79. The zero-order chi connectivity index (χ0) is 10.7. The van der Waals surface area contributed by atoms with Crippen LogP contribution < -0.4 is 0 Å². The summed E-state index contributed by atoms with van der Waals surface area (Å²) in [6, 6.07) is 0. The van der Waals surface area contributed by atoms with Crippen molar-refractivity contribution in [2.75, 3.05) is 0 Å². The van der Waals surface area contributed by atoms with E-state index < -0.39 is 11.7 Å². The van der Waals surface area contributed by atoms with Gasteiger partial charge in [0.15, 0.2) is 0 Å². The summed E-state index contributed by atoms with van der Waals surface area (Å²) in [5.41, 5.74) is 0. The predicted molar refractivity (Wildman–Crippen MR) is 50.2 cm³/mol. The van der Waals surface area contributed by atoms with Crippen LogP contribution in [0.3, 0.4) is 0 Å². The van der Waals surface area contributed by atoms with Crippen molar-refractivity contribution in [3.63, 3.8) is 0 Å². The van der Waals surface area contributed by atoms with Gasteiger partial charge in [0.25, 0.3) is 0 Å². The minimum absolute atomic E-state index is 0.00692. The molecule has 0 N–H and O–H groups in total. The summed E-state index contributed by atoms with van der Waals surface area (Å²) in [4.78, 5) is 0. The SMILES string of the molecule is C=C/C=C(F)/C=C(F)\C=C\F.CC. The minimum Gasteiger partial charge on any atom is -0.215 e. The lowest BCUT2D eigenvalue weighted by atomic mass is 10.4. The Bertz CT molecular complexity index is 212. The smallest absolute Gasteiger partial charge is 0.128 e. The van der Waals surface area contributed by atoms with Crippen molar-refractivity contribution in [3.05, 3.63) is 48.9 Å². The number of rotatable bonds is 3. The van der Waals surface area contributed by atoms with Gasteiger partial charge in [-0.25, -0.2) is 13.2 Å². The van der Waals surface area contributed by atoms with Gasteiger partial charge in [-0.2, -0.15) is 0 Å². The average Bonchev–Trinajstić information content (AvgIpc) is 2.08. The molecule has 0 amide bonds. The van der Waals surface area contributed by atoms with E-state index in [-0.39, 0.29) is 6.33 Å². The third kappa shape index (κ3) is 10.8. The van der Waals surface area contributed by atoms with E-state index in [1.807, 2.05) is 13.8 Å². The third-order valence-electron chi connectivity index (χ3n) is 0.775. The lowest BCUT2D eigenvalue weighted by Gasteiger charge is -1.84. The molecule has 0 heterocycles. The molecule has 74 valence electrons. The monoisotopic (exact) mass is 190 g/mol. The highest BCUT2D eigenvalue weighted by atomic mass is 19.1. The van der Waals surface area contributed by atoms with Crippen molar-refractivity contribution in [2.45, 2.75) is 13.8 Å². The Morgan fingerprint density at radius 3 is 2.08 bits per heavy atom. The number of halogens is 3. The van der Waals surface area contributed by atoms with Gasteiger partial charge in [-0.05, 0) is 6.08 Å². The van der Waals surface area contributed by atoms with Crippen molar-refractivity contribution in [1.82, 2.24) is 0 Å². The standard InChI is InChI=1S/C8H7F3.C2H6/c1-2-3-7(10)6-8(11)4-5-9;1-2/h2-6H,1H2;1-2H3/b5-4+,7-3-,8-6+;. The minimum atomic E-state index is -0.983. The molecular formula is C10H13F3. The average molecular weight is 190 g/mol. The normalized spacial score (nSPS) is 12.4. The quantitative estimate of drug-likeness (QED) is 0.579. The highest BCUT2D eigenvalue weighted by Gasteiger charge is 1.90. The molecule has 0 bridgehead atoms. The molecule has 0 unspecified atom stereocenters. The highest BCUT2D eigenvalue weighted by Crippen LogP contribution is 2.06. The third-order valence-corrected chi connectivity index (χ3v) is 0.775. The second kappa shape index (κ2) is 10.8. The van der Waals surface area contributed by atoms with Crippen LogP contribution in [0, 0.1) is 0 Å². The van der Waals surface area contributed by atoms with Gasteiger partial charge < -0.3 is 0 Å². The van der Waals surface area contributed by atoms with E-state index in [1.165, 1.54) is 0 Å². The van der Waals surface area contributed by atoms with Crippen LogP contribution in [0.1, 0.15) is 13.8 Å². The first-order valence-electron chi connectivity index (χ1n) is 3.83. The maximum Gasteiger partial charge on any atom is 0.128 e. The van der Waals surface area contributed by atoms with Crippen molar-refractivity contribution in [3.8, 4) is 0 Å². The van der Waals surface area contributed by atoms with Gasteiger partial charge in [-0.1, -0.05) is 26.5 Å². The Labute approximate surface area is 76.8 Å². The van der Waals surface area contributed by atoms with Crippen LogP contribution in [0.25, 0.3) is 0 Å². The van der Waals surface area contributed by atoms with Crippen LogP contribution in [0.15, 0.2) is 48.9 Å². The van der Waals surface area contributed by atoms with Crippen molar-refractivity contribution >= 4 is 0 Å². The second-order valence-corrected chi connectivity index (χ2v) is 1.61. The van der Waals surface area contributed by atoms with E-state index >= 15 is 0 Å². The van der Waals surface area contributed by atoms with E-state index in [4.69, 9.17) is 0 Å². The molecule has 0 aromatic carbocycles. The molecule has 0 atom stereocenters. The summed E-state index contributed by atoms with van der Waals surface area (Å²) < 4.78 is 35.7. The summed E-state index contributed by atoms with van der Waals surface area (Å²) in [7, 11) is 0. The molecule has 0 aliphatic carbocycles. The van der Waals surface area contributed by atoms with Gasteiger partial charge in [0.2, 0.25) is 0 Å². The molecule has 0 rings (SSSR count). The molecule has 0 aromatic rings. The lowest BCUT2D eigenvalue weighted by Crippen LogP contribution is -1.67. The fourth-order valence-corrected chi connectivity index (χ4v) is 0.401. The van der Waals surface area contributed by atoms with E-state index in [2.05, 4.69) is 6.58 Å². The Morgan fingerprint density at radius 2 is 1.69 bits per heavy atom. The molecule has 0 fully saturated rings. The molecule has 0 aliphatic heterocycles. The van der Waals surface area contributed by atoms with Crippen molar-refractivity contribution < 1.29 is 13.2 Å². The van der Waals surface area contributed by atoms with Gasteiger partial charge in [0.05, 0.1) is 6.33 Å². The second-order valence-electron chi connectivity index (χ2n) is 1.61. The van der Waals surface area contributed by atoms with Crippen molar-refractivity contribution in [1.29, 1.82) is 0 Å². The number of hydrogen-bond acceptors (Lipinski definition) is 0. The van der Waals surface area contributed by atoms with Crippen LogP contribution in [0.2, 0.25) is 0 Å². The highest BCUT2D eigenvalue weighted by molar-refractivity contribution is 5.23. The lowest BCUT2D eigenvalue weighted by molar-refractivity contribution is 0.625. The Kier molecular flexibility index (Phi) is 11.8. The van der Waals surface area contributed by atoms with E-state index in [0.29, 0.717) is 12.2 Å². The van der Waals surface area contributed by atoms with E-state index in [9.17, 15) is 13.2 Å². The van der Waals surface area contributed by atoms with Crippen LogP contribution in [-0.2, 0) is 0 Å². The molecule has 0 radical (unpaired) electrons. The largest absolute Gasteiger partial charge is 0.215 e. The fourth-order valence-electron chi connectivity index (χ4n) is 0.401. The molecule has 13 heavy (non-hydrogen) atoms. The number of allylic oxidation sites excluding steroid dienone is 6. The van der Waals surface area contributed by atoms with E-state index in [0.717, 1.165) is 12.2 Å². The first-order chi connectivity index (χ1) is 6.20. The molecule has 0 aliphatic rings. The summed E-state index contributed by atoms with van der Waals surface area (Å²) in [6.45, 7) is 7.19. The van der Waals surface area contributed by atoms with E-state index in [1.54, 1.807) is 0 Å². The Morgan fingerprint density at radius 1 is 1.15 bits per heavy atom.